The minimum absolute atomic E-state index is 0.189. The summed E-state index contributed by atoms with van der Waals surface area (Å²) in [6, 6.07) is 13.0. The first-order valence-corrected chi connectivity index (χ1v) is 9.85. The molecule has 0 fully saturated rings. The van der Waals surface area contributed by atoms with Crippen molar-refractivity contribution in [1.82, 2.24) is 24.9 Å². The van der Waals surface area contributed by atoms with E-state index in [1.165, 1.54) is 4.68 Å². The molecule has 0 atom stereocenters. The van der Waals surface area contributed by atoms with Gasteiger partial charge in [-0.1, -0.05) is 32.0 Å². The summed E-state index contributed by atoms with van der Waals surface area (Å²) < 4.78 is 1.45. The minimum Gasteiger partial charge on any atom is -0.383 e. The Hall–Kier alpha value is -3.81. The van der Waals surface area contributed by atoms with Crippen molar-refractivity contribution in [2.45, 2.75) is 20.3 Å². The van der Waals surface area contributed by atoms with Crippen LogP contribution in [0, 0.1) is 5.92 Å². The van der Waals surface area contributed by atoms with Crippen molar-refractivity contribution in [3.05, 3.63) is 59.9 Å². The van der Waals surface area contributed by atoms with E-state index in [1.807, 2.05) is 42.5 Å². The van der Waals surface area contributed by atoms with Gasteiger partial charge < -0.3 is 11.1 Å². The molecule has 0 bridgehead atoms. The fourth-order valence-electron chi connectivity index (χ4n) is 3.12. The zero-order chi connectivity index (χ0) is 21.1. The number of nitrogens with one attached hydrogen (secondary N) is 1. The van der Waals surface area contributed by atoms with Gasteiger partial charge in [-0.05, 0) is 36.6 Å². The van der Waals surface area contributed by atoms with Gasteiger partial charge in [0.15, 0.2) is 5.65 Å². The third-order valence-corrected chi connectivity index (χ3v) is 4.70. The maximum Gasteiger partial charge on any atom is 0.257 e. The van der Waals surface area contributed by atoms with Crippen molar-refractivity contribution in [1.29, 1.82) is 0 Å². The van der Waals surface area contributed by atoms with E-state index in [9.17, 15) is 4.79 Å². The molecule has 30 heavy (non-hydrogen) atoms. The van der Waals surface area contributed by atoms with Crippen LogP contribution >= 0.6 is 0 Å². The summed E-state index contributed by atoms with van der Waals surface area (Å²) in [5.74, 6) is 0.389. The number of carbonyl (C=O) groups excluding carboxylic acids is 1. The number of nitrogens with zero attached hydrogens (tertiary/aromatic N) is 5. The summed E-state index contributed by atoms with van der Waals surface area (Å²) in [6.45, 7) is 4.77. The van der Waals surface area contributed by atoms with Crippen LogP contribution in [0.5, 0.6) is 0 Å². The Bertz CT molecular complexity index is 1230. The van der Waals surface area contributed by atoms with Crippen molar-refractivity contribution in [2.24, 2.45) is 11.0 Å². The average molecular weight is 401 g/mol. The Morgan fingerprint density at radius 3 is 2.60 bits per heavy atom. The molecule has 3 heterocycles. The van der Waals surface area contributed by atoms with Crippen molar-refractivity contribution >= 4 is 40.1 Å². The van der Waals surface area contributed by atoms with Gasteiger partial charge in [0.05, 0.1) is 22.9 Å². The molecule has 3 N–H and O–H groups in total. The molecular formula is C22H23N7O. The third kappa shape index (κ3) is 3.84. The number of hydrogen-bond donors (Lipinski definition) is 2. The van der Waals surface area contributed by atoms with Crippen molar-refractivity contribution in [3.63, 3.8) is 0 Å². The number of benzene rings is 1. The molecule has 3 aromatic heterocycles. The molecule has 0 unspecified atom stereocenters. The maximum absolute atomic E-state index is 12.9. The molecule has 0 saturated carbocycles. The molecule has 0 aliphatic carbocycles. The summed E-state index contributed by atoms with van der Waals surface area (Å²) in [5, 5.41) is 7.38. The van der Waals surface area contributed by atoms with E-state index < -0.39 is 0 Å². The molecule has 0 aliphatic heterocycles. The number of nitrogen functional groups attached to an aromatic ring is 1. The van der Waals surface area contributed by atoms with Gasteiger partial charge in [0.1, 0.15) is 16.9 Å². The predicted molar refractivity (Wildman–Crippen MR) is 118 cm³/mol. The smallest absolute Gasteiger partial charge is 0.257 e. The lowest BCUT2D eigenvalue weighted by Crippen LogP contribution is -2.26. The zero-order valence-electron chi connectivity index (χ0n) is 16.9. The Kier molecular flexibility index (Phi) is 5.38. The van der Waals surface area contributed by atoms with Gasteiger partial charge in [-0.3, -0.25) is 9.78 Å². The van der Waals surface area contributed by atoms with Crippen LogP contribution in [-0.4, -0.2) is 38.3 Å². The molecular weight excluding hydrogens is 378 g/mol. The number of amides is 1. The first kappa shape index (κ1) is 19.5. The molecule has 8 nitrogen and oxygen atoms in total. The van der Waals surface area contributed by atoms with Crippen molar-refractivity contribution in [2.75, 3.05) is 12.3 Å². The zero-order valence-corrected chi connectivity index (χ0v) is 16.9. The molecule has 0 radical (unpaired) electrons. The minimum atomic E-state index is -0.283. The van der Waals surface area contributed by atoms with Crippen molar-refractivity contribution < 1.29 is 4.79 Å². The van der Waals surface area contributed by atoms with E-state index in [4.69, 9.17) is 5.73 Å². The highest BCUT2D eigenvalue weighted by Gasteiger charge is 2.23. The monoisotopic (exact) mass is 401 g/mol. The second-order valence-corrected chi connectivity index (χ2v) is 7.39. The van der Waals surface area contributed by atoms with Crippen LogP contribution in [-0.2, 0) is 0 Å². The van der Waals surface area contributed by atoms with Gasteiger partial charge in [-0.2, -0.15) is 9.78 Å². The quantitative estimate of drug-likeness (QED) is 0.482. The van der Waals surface area contributed by atoms with Crippen molar-refractivity contribution in [3.8, 4) is 0 Å². The van der Waals surface area contributed by atoms with E-state index in [0.29, 0.717) is 40.4 Å². The Balaban J connectivity index is 1.83. The average Bonchev–Trinajstić information content (AvgIpc) is 3.01. The molecule has 152 valence electrons. The molecule has 1 aromatic carbocycles. The Morgan fingerprint density at radius 2 is 1.90 bits per heavy atom. The maximum atomic E-state index is 12.9. The van der Waals surface area contributed by atoms with Crippen LogP contribution in [0.2, 0.25) is 0 Å². The SMILES string of the molecule is CC(C)CCNC(=O)c1c(N)n(/N=C/c2ccccn2)c2nc3ccccc3nc12. The predicted octanol–water partition coefficient (Wildman–Crippen LogP) is 3.22. The van der Waals surface area contributed by atoms with E-state index in [1.54, 1.807) is 12.4 Å². The first-order valence-electron chi connectivity index (χ1n) is 9.85. The molecule has 0 aliphatic rings. The summed E-state index contributed by atoms with van der Waals surface area (Å²) >= 11 is 0. The number of pyridine rings is 1. The lowest BCUT2D eigenvalue weighted by atomic mass is 10.1. The van der Waals surface area contributed by atoms with Crippen LogP contribution in [0.25, 0.3) is 22.2 Å². The summed E-state index contributed by atoms with van der Waals surface area (Å²) in [6.07, 6.45) is 4.13. The van der Waals surface area contributed by atoms with E-state index in [-0.39, 0.29) is 17.3 Å². The number of hydrogen-bond acceptors (Lipinski definition) is 6. The summed E-state index contributed by atoms with van der Waals surface area (Å²) in [4.78, 5) is 26.5. The highest BCUT2D eigenvalue weighted by molar-refractivity contribution is 6.10. The van der Waals surface area contributed by atoms with Crippen LogP contribution < -0.4 is 11.1 Å². The second kappa shape index (κ2) is 8.28. The number of nitrogens with two attached hydrogens (primary N) is 1. The lowest BCUT2D eigenvalue weighted by molar-refractivity contribution is 0.0954. The standard InChI is InChI=1S/C22H23N7O/c1-14(2)10-12-25-22(30)18-19-21(28-17-9-4-3-8-16(17)27-19)29(20(18)23)26-13-15-7-5-6-11-24-15/h3-9,11,13-14H,10,12,23H2,1-2H3,(H,25,30)/b26-13+. The second-order valence-electron chi connectivity index (χ2n) is 7.39. The van der Waals surface area contributed by atoms with E-state index in [2.05, 4.69) is 39.2 Å². The molecule has 4 rings (SSSR count). The molecule has 4 aromatic rings. The third-order valence-electron chi connectivity index (χ3n) is 4.70. The van der Waals surface area contributed by atoms with E-state index >= 15 is 0 Å². The summed E-state index contributed by atoms with van der Waals surface area (Å²) in [5.41, 5.74) is 9.54. The number of rotatable bonds is 6. The van der Waals surface area contributed by atoms with E-state index in [0.717, 1.165) is 6.42 Å². The fraction of sp³-hybridized carbons (Fsp3) is 0.227. The summed E-state index contributed by atoms with van der Waals surface area (Å²) in [7, 11) is 0. The van der Waals surface area contributed by atoms with Crippen LogP contribution in [0.1, 0.15) is 36.3 Å². The van der Waals surface area contributed by atoms with Gasteiger partial charge in [-0.15, -0.1) is 0 Å². The van der Waals surface area contributed by atoms with Crippen LogP contribution in [0.3, 0.4) is 0 Å². The van der Waals surface area contributed by atoms with Gasteiger partial charge in [-0.25, -0.2) is 9.97 Å². The first-order chi connectivity index (χ1) is 14.5. The number of aromatic nitrogens is 4. The van der Waals surface area contributed by atoms with Crippen LogP contribution in [0.15, 0.2) is 53.8 Å². The number of carbonyl (C=O) groups is 1. The van der Waals surface area contributed by atoms with Crippen LogP contribution in [0.4, 0.5) is 5.82 Å². The van der Waals surface area contributed by atoms with Gasteiger partial charge in [0, 0.05) is 12.7 Å². The number of para-hydroxylation sites is 2. The highest BCUT2D eigenvalue weighted by atomic mass is 16.1. The van der Waals surface area contributed by atoms with Gasteiger partial charge in [0.2, 0.25) is 0 Å². The molecule has 0 saturated heterocycles. The normalized spacial score (nSPS) is 11.7. The fourth-order valence-corrected chi connectivity index (χ4v) is 3.12. The topological polar surface area (TPSA) is 111 Å². The molecule has 1 amide bonds. The molecule has 8 heteroatoms. The number of anilines is 1. The molecule has 0 spiro atoms. The Labute approximate surface area is 173 Å². The highest BCUT2D eigenvalue weighted by Crippen LogP contribution is 2.27. The van der Waals surface area contributed by atoms with Gasteiger partial charge in [0.25, 0.3) is 5.91 Å². The van der Waals surface area contributed by atoms with Gasteiger partial charge >= 0.3 is 0 Å². The Morgan fingerprint density at radius 1 is 1.17 bits per heavy atom. The lowest BCUT2D eigenvalue weighted by Gasteiger charge is -2.07. The number of fused-ring (bicyclic) bond motifs is 2. The largest absolute Gasteiger partial charge is 0.383 e.